The number of aryl methyl sites for hydroxylation is 1. The minimum atomic E-state index is 0.0109. The smallest absolute Gasteiger partial charge is 0.253 e. The van der Waals surface area contributed by atoms with Crippen molar-refractivity contribution in [3.05, 3.63) is 64.3 Å². The summed E-state index contributed by atoms with van der Waals surface area (Å²) in [5.41, 5.74) is 3.33. The van der Waals surface area contributed by atoms with E-state index in [1.54, 1.807) is 24.3 Å². The lowest BCUT2D eigenvalue weighted by Crippen LogP contribution is -2.39. The summed E-state index contributed by atoms with van der Waals surface area (Å²) in [4.78, 5) is 27.4. The molecular formula is C27H31ClN4O2. The van der Waals surface area contributed by atoms with Crippen LogP contribution >= 0.6 is 11.6 Å². The number of carbonyl (C=O) groups is 2. The van der Waals surface area contributed by atoms with Gasteiger partial charge >= 0.3 is 0 Å². The minimum Gasteiger partial charge on any atom is -0.352 e. The second-order valence-electron chi connectivity index (χ2n) is 9.77. The number of rotatable bonds is 6. The van der Waals surface area contributed by atoms with Gasteiger partial charge in [0.05, 0.1) is 5.52 Å². The van der Waals surface area contributed by atoms with Crippen molar-refractivity contribution in [2.24, 2.45) is 11.8 Å². The van der Waals surface area contributed by atoms with E-state index in [1.807, 2.05) is 28.6 Å². The molecular weight excluding hydrogens is 448 g/mol. The molecule has 2 amide bonds. The Labute approximate surface area is 205 Å². The Balaban J connectivity index is 1.20. The molecule has 0 atom stereocenters. The monoisotopic (exact) mass is 478 g/mol. The average Bonchev–Trinajstić information content (AvgIpc) is 3.22. The lowest BCUT2D eigenvalue weighted by atomic mass is 9.85. The van der Waals surface area contributed by atoms with Crippen molar-refractivity contribution >= 4 is 34.3 Å². The molecule has 1 N–H and O–H groups in total. The molecule has 0 bridgehead atoms. The Bertz CT molecular complexity index is 1190. The number of hydrogen-bond acceptors (Lipinski definition) is 3. The standard InChI is InChI=1S/C27H31ClN4O2/c1-18-23(26(33)29-15-19-3-2-4-19)9-10-25-24(18)17-32(30-25)16-20-11-13-31(14-12-20)27(34)21-5-7-22(28)8-6-21/h5-10,17,19-20H,2-4,11-16H2,1H3,(H,29,33). The summed E-state index contributed by atoms with van der Waals surface area (Å²) in [6.07, 6.45) is 7.69. The second kappa shape index (κ2) is 9.79. The first-order chi connectivity index (χ1) is 16.5. The summed E-state index contributed by atoms with van der Waals surface area (Å²) in [5, 5.41) is 9.54. The molecule has 1 aliphatic heterocycles. The molecule has 2 fully saturated rings. The normalized spacial score (nSPS) is 17.1. The first-order valence-electron chi connectivity index (χ1n) is 12.3. The van der Waals surface area contributed by atoms with Crippen molar-refractivity contribution in [3.8, 4) is 0 Å². The number of fused-ring (bicyclic) bond motifs is 1. The van der Waals surface area contributed by atoms with Gasteiger partial charge in [-0.1, -0.05) is 18.0 Å². The van der Waals surface area contributed by atoms with Crippen molar-refractivity contribution in [2.45, 2.75) is 45.6 Å². The number of nitrogens with zero attached hydrogens (tertiary/aromatic N) is 3. The number of likely N-dealkylation sites (tertiary alicyclic amines) is 1. The summed E-state index contributed by atoms with van der Waals surface area (Å²) in [6.45, 7) is 5.09. The molecule has 0 radical (unpaired) electrons. The van der Waals surface area contributed by atoms with E-state index in [4.69, 9.17) is 16.7 Å². The van der Waals surface area contributed by atoms with Gasteiger partial charge in [0.15, 0.2) is 0 Å². The number of piperidine rings is 1. The van der Waals surface area contributed by atoms with Gasteiger partial charge in [-0.3, -0.25) is 14.3 Å². The van der Waals surface area contributed by atoms with E-state index in [0.29, 0.717) is 22.4 Å². The SMILES string of the molecule is Cc1c(C(=O)NCC2CCC2)ccc2nn(CC3CCN(C(=O)c4ccc(Cl)cc4)CC3)cc12. The Kier molecular flexibility index (Phi) is 6.59. The summed E-state index contributed by atoms with van der Waals surface area (Å²) in [6, 6.07) is 10.9. The van der Waals surface area contributed by atoms with Gasteiger partial charge in [0.1, 0.15) is 0 Å². The molecule has 2 heterocycles. The predicted octanol–water partition coefficient (Wildman–Crippen LogP) is 5.08. The van der Waals surface area contributed by atoms with Gasteiger partial charge in [-0.2, -0.15) is 5.10 Å². The molecule has 1 aromatic heterocycles. The number of amides is 2. The van der Waals surface area contributed by atoms with Gasteiger partial charge < -0.3 is 10.2 Å². The zero-order valence-corrected chi connectivity index (χ0v) is 20.4. The highest BCUT2D eigenvalue weighted by Crippen LogP contribution is 2.27. The van der Waals surface area contributed by atoms with Gasteiger partial charge in [-0.15, -0.1) is 0 Å². The van der Waals surface area contributed by atoms with Gasteiger partial charge in [0.2, 0.25) is 0 Å². The highest BCUT2D eigenvalue weighted by Gasteiger charge is 2.25. The van der Waals surface area contributed by atoms with Crippen LogP contribution in [0.3, 0.4) is 0 Å². The van der Waals surface area contributed by atoms with Gasteiger partial charge in [-0.25, -0.2) is 0 Å². The second-order valence-corrected chi connectivity index (χ2v) is 10.2. The van der Waals surface area contributed by atoms with Crippen molar-refractivity contribution in [1.29, 1.82) is 0 Å². The molecule has 5 rings (SSSR count). The van der Waals surface area contributed by atoms with E-state index in [2.05, 4.69) is 11.5 Å². The molecule has 178 valence electrons. The van der Waals surface area contributed by atoms with E-state index in [0.717, 1.165) is 61.1 Å². The first-order valence-corrected chi connectivity index (χ1v) is 12.7. The Hall–Kier alpha value is -2.86. The van der Waals surface area contributed by atoms with Crippen molar-refractivity contribution in [1.82, 2.24) is 20.0 Å². The zero-order valence-electron chi connectivity index (χ0n) is 19.6. The fraction of sp³-hybridized carbons (Fsp3) is 0.444. The number of carbonyl (C=O) groups excluding carboxylic acids is 2. The number of hydrogen-bond donors (Lipinski definition) is 1. The molecule has 1 saturated carbocycles. The maximum atomic E-state index is 12.8. The predicted molar refractivity (Wildman–Crippen MR) is 134 cm³/mol. The third-order valence-electron chi connectivity index (χ3n) is 7.46. The van der Waals surface area contributed by atoms with Crippen LogP contribution in [-0.4, -0.2) is 46.1 Å². The molecule has 0 unspecified atom stereocenters. The Morgan fingerprint density at radius 2 is 1.76 bits per heavy atom. The fourth-order valence-electron chi connectivity index (χ4n) is 5.01. The molecule has 1 aliphatic carbocycles. The molecule has 2 aromatic carbocycles. The Morgan fingerprint density at radius 1 is 1.03 bits per heavy atom. The molecule has 0 spiro atoms. The average molecular weight is 479 g/mol. The van der Waals surface area contributed by atoms with E-state index < -0.39 is 0 Å². The van der Waals surface area contributed by atoms with Crippen LogP contribution in [0.1, 0.15) is 58.4 Å². The van der Waals surface area contributed by atoms with Crippen LogP contribution in [0, 0.1) is 18.8 Å². The van der Waals surface area contributed by atoms with Crippen molar-refractivity contribution in [3.63, 3.8) is 0 Å². The topological polar surface area (TPSA) is 67.2 Å². The van der Waals surface area contributed by atoms with Crippen LogP contribution in [0.25, 0.3) is 10.9 Å². The van der Waals surface area contributed by atoms with Crippen LogP contribution in [0.15, 0.2) is 42.6 Å². The highest BCUT2D eigenvalue weighted by atomic mass is 35.5. The van der Waals surface area contributed by atoms with E-state index in [-0.39, 0.29) is 11.8 Å². The van der Waals surface area contributed by atoms with Crippen LogP contribution < -0.4 is 5.32 Å². The van der Waals surface area contributed by atoms with Crippen LogP contribution in [-0.2, 0) is 6.54 Å². The van der Waals surface area contributed by atoms with Crippen LogP contribution in [0.5, 0.6) is 0 Å². The number of aromatic nitrogens is 2. The minimum absolute atomic E-state index is 0.0109. The maximum absolute atomic E-state index is 12.8. The zero-order chi connectivity index (χ0) is 23.7. The van der Waals surface area contributed by atoms with Crippen molar-refractivity contribution in [2.75, 3.05) is 19.6 Å². The summed E-state index contributed by atoms with van der Waals surface area (Å²) in [5.74, 6) is 1.19. The summed E-state index contributed by atoms with van der Waals surface area (Å²) < 4.78 is 2.01. The molecule has 34 heavy (non-hydrogen) atoms. The quantitative estimate of drug-likeness (QED) is 0.537. The molecule has 3 aromatic rings. The Morgan fingerprint density at radius 3 is 2.44 bits per heavy atom. The molecule has 1 saturated heterocycles. The van der Waals surface area contributed by atoms with E-state index in [9.17, 15) is 9.59 Å². The highest BCUT2D eigenvalue weighted by molar-refractivity contribution is 6.30. The van der Waals surface area contributed by atoms with Crippen molar-refractivity contribution < 1.29 is 9.59 Å². The first kappa shape index (κ1) is 22.9. The third-order valence-corrected chi connectivity index (χ3v) is 7.72. The van der Waals surface area contributed by atoms with E-state index in [1.165, 1.54) is 19.3 Å². The van der Waals surface area contributed by atoms with Crippen LogP contribution in [0.2, 0.25) is 5.02 Å². The van der Waals surface area contributed by atoms with Gasteiger partial charge in [0.25, 0.3) is 11.8 Å². The number of benzene rings is 2. The van der Waals surface area contributed by atoms with Gasteiger partial charge in [-0.05, 0) is 86.4 Å². The molecule has 2 aliphatic rings. The summed E-state index contributed by atoms with van der Waals surface area (Å²) in [7, 11) is 0. The maximum Gasteiger partial charge on any atom is 0.253 e. The molecule has 6 nitrogen and oxygen atoms in total. The fourth-order valence-corrected chi connectivity index (χ4v) is 5.13. The lowest BCUT2D eigenvalue weighted by Gasteiger charge is -2.32. The van der Waals surface area contributed by atoms with Gasteiger partial charge in [0, 0.05) is 53.9 Å². The third kappa shape index (κ3) is 4.83. The number of halogens is 1. The molecule has 7 heteroatoms. The summed E-state index contributed by atoms with van der Waals surface area (Å²) >= 11 is 5.94. The largest absolute Gasteiger partial charge is 0.352 e. The lowest BCUT2D eigenvalue weighted by molar-refractivity contribution is 0.0681. The van der Waals surface area contributed by atoms with E-state index >= 15 is 0 Å². The number of nitrogens with one attached hydrogen (secondary N) is 1. The van der Waals surface area contributed by atoms with Crippen LogP contribution in [0.4, 0.5) is 0 Å².